The number of rotatable bonds is 3. The number of nitrogens with one attached hydrogen (secondary N) is 1. The van der Waals surface area contributed by atoms with Crippen LogP contribution >= 0.6 is 0 Å². The summed E-state index contributed by atoms with van der Waals surface area (Å²) < 4.78 is 5.60. The molecule has 3 aromatic rings. The normalized spacial score (nSPS) is 10.8. The number of aromatic nitrogens is 1. The molecule has 0 atom stereocenters. The highest BCUT2D eigenvalue weighted by molar-refractivity contribution is 5.78. The van der Waals surface area contributed by atoms with Gasteiger partial charge in [0.05, 0.1) is 0 Å². The predicted octanol–water partition coefficient (Wildman–Crippen LogP) is 3.33. The summed E-state index contributed by atoms with van der Waals surface area (Å²) in [4.78, 5) is 4.36. The van der Waals surface area contributed by atoms with Gasteiger partial charge >= 0.3 is 0 Å². The molecule has 0 unspecified atom stereocenters. The minimum Gasteiger partial charge on any atom is -0.423 e. The summed E-state index contributed by atoms with van der Waals surface area (Å²) in [7, 11) is 0. The standard InChI is InChI=1S/C15H15N3O/c1-10-3-2-4-11(7-10)9-17-15-18-13-6-5-12(16)8-14(13)19-15/h2-8H,9,16H2,1H3,(H,17,18). The zero-order chi connectivity index (χ0) is 13.2. The summed E-state index contributed by atoms with van der Waals surface area (Å²) in [5.41, 5.74) is 10.3. The van der Waals surface area contributed by atoms with Gasteiger partial charge in [-0.25, -0.2) is 0 Å². The number of nitrogens with two attached hydrogens (primary N) is 1. The van der Waals surface area contributed by atoms with Crippen LogP contribution in [-0.4, -0.2) is 4.98 Å². The van der Waals surface area contributed by atoms with Crippen LogP contribution in [0.5, 0.6) is 0 Å². The highest BCUT2D eigenvalue weighted by atomic mass is 16.4. The van der Waals surface area contributed by atoms with Gasteiger partial charge in [-0.05, 0) is 24.6 Å². The molecule has 0 aliphatic heterocycles. The van der Waals surface area contributed by atoms with E-state index in [0.29, 0.717) is 23.8 Å². The Balaban J connectivity index is 1.78. The predicted molar refractivity (Wildman–Crippen MR) is 76.9 cm³/mol. The fraction of sp³-hybridized carbons (Fsp3) is 0.133. The number of oxazole rings is 1. The van der Waals surface area contributed by atoms with E-state index in [-0.39, 0.29) is 0 Å². The second-order valence-electron chi connectivity index (χ2n) is 4.59. The Morgan fingerprint density at radius 1 is 1.21 bits per heavy atom. The van der Waals surface area contributed by atoms with Crippen LogP contribution in [0.2, 0.25) is 0 Å². The van der Waals surface area contributed by atoms with Crippen LogP contribution in [0.15, 0.2) is 46.9 Å². The molecule has 0 saturated heterocycles. The van der Waals surface area contributed by atoms with E-state index in [1.807, 2.05) is 18.2 Å². The first-order chi connectivity index (χ1) is 9.20. The third kappa shape index (κ3) is 2.52. The average molecular weight is 253 g/mol. The maximum absolute atomic E-state index is 5.71. The second kappa shape index (κ2) is 4.65. The van der Waals surface area contributed by atoms with E-state index in [9.17, 15) is 0 Å². The molecule has 0 fully saturated rings. The van der Waals surface area contributed by atoms with Crippen molar-refractivity contribution < 1.29 is 4.42 Å². The van der Waals surface area contributed by atoms with Gasteiger partial charge in [0.1, 0.15) is 5.52 Å². The molecule has 0 amide bonds. The van der Waals surface area contributed by atoms with E-state index in [2.05, 4.69) is 35.4 Å². The molecule has 0 radical (unpaired) electrons. The molecule has 4 nitrogen and oxygen atoms in total. The Bertz CT molecular complexity index is 718. The van der Waals surface area contributed by atoms with Crippen molar-refractivity contribution in [3.8, 4) is 0 Å². The van der Waals surface area contributed by atoms with Crippen molar-refractivity contribution >= 4 is 22.8 Å². The van der Waals surface area contributed by atoms with Crippen molar-refractivity contribution in [1.82, 2.24) is 4.98 Å². The fourth-order valence-corrected chi connectivity index (χ4v) is 2.02. The van der Waals surface area contributed by atoms with Gasteiger partial charge in [-0.3, -0.25) is 0 Å². The molecular weight excluding hydrogens is 238 g/mol. The Kier molecular flexibility index (Phi) is 2.83. The van der Waals surface area contributed by atoms with Gasteiger partial charge < -0.3 is 15.5 Å². The third-order valence-electron chi connectivity index (χ3n) is 2.94. The van der Waals surface area contributed by atoms with Crippen molar-refractivity contribution in [2.45, 2.75) is 13.5 Å². The van der Waals surface area contributed by atoms with E-state index < -0.39 is 0 Å². The molecule has 0 saturated carbocycles. The highest BCUT2D eigenvalue weighted by Crippen LogP contribution is 2.21. The maximum atomic E-state index is 5.71. The lowest BCUT2D eigenvalue weighted by atomic mass is 10.1. The van der Waals surface area contributed by atoms with Crippen LogP contribution in [0.4, 0.5) is 11.7 Å². The van der Waals surface area contributed by atoms with Gasteiger partial charge in [-0.1, -0.05) is 29.8 Å². The van der Waals surface area contributed by atoms with Crippen molar-refractivity contribution in [3.05, 3.63) is 53.6 Å². The Morgan fingerprint density at radius 2 is 2.11 bits per heavy atom. The zero-order valence-corrected chi connectivity index (χ0v) is 10.7. The summed E-state index contributed by atoms with van der Waals surface area (Å²) >= 11 is 0. The number of nitrogens with zero attached hydrogens (tertiary/aromatic N) is 1. The van der Waals surface area contributed by atoms with Crippen molar-refractivity contribution in [3.63, 3.8) is 0 Å². The number of hydrogen-bond acceptors (Lipinski definition) is 4. The van der Waals surface area contributed by atoms with Crippen LogP contribution in [0, 0.1) is 6.92 Å². The number of hydrogen-bond donors (Lipinski definition) is 2. The smallest absolute Gasteiger partial charge is 0.295 e. The second-order valence-corrected chi connectivity index (χ2v) is 4.59. The van der Waals surface area contributed by atoms with E-state index in [1.165, 1.54) is 11.1 Å². The van der Waals surface area contributed by atoms with Gasteiger partial charge in [-0.15, -0.1) is 0 Å². The SMILES string of the molecule is Cc1cccc(CNc2nc3ccc(N)cc3o2)c1. The first kappa shape index (κ1) is 11.6. The van der Waals surface area contributed by atoms with E-state index in [0.717, 1.165) is 5.52 Å². The molecule has 4 heteroatoms. The van der Waals surface area contributed by atoms with Gasteiger partial charge in [0, 0.05) is 18.3 Å². The number of nitrogen functional groups attached to an aromatic ring is 1. The zero-order valence-electron chi connectivity index (χ0n) is 10.7. The molecule has 3 N–H and O–H groups in total. The molecule has 0 aliphatic rings. The van der Waals surface area contributed by atoms with Crippen molar-refractivity contribution in [2.24, 2.45) is 0 Å². The Morgan fingerprint density at radius 3 is 2.95 bits per heavy atom. The van der Waals surface area contributed by atoms with E-state index >= 15 is 0 Å². The molecule has 19 heavy (non-hydrogen) atoms. The van der Waals surface area contributed by atoms with E-state index in [1.54, 1.807) is 6.07 Å². The average Bonchev–Trinajstić information content (AvgIpc) is 2.78. The quantitative estimate of drug-likeness (QED) is 0.703. The van der Waals surface area contributed by atoms with Crippen molar-refractivity contribution in [2.75, 3.05) is 11.1 Å². The van der Waals surface area contributed by atoms with Gasteiger partial charge in [0.15, 0.2) is 5.58 Å². The van der Waals surface area contributed by atoms with Crippen LogP contribution in [0.1, 0.15) is 11.1 Å². The first-order valence-electron chi connectivity index (χ1n) is 6.16. The Labute approximate surface area is 111 Å². The fourth-order valence-electron chi connectivity index (χ4n) is 2.02. The largest absolute Gasteiger partial charge is 0.423 e. The number of anilines is 2. The minimum absolute atomic E-state index is 0.516. The van der Waals surface area contributed by atoms with Crippen LogP contribution in [0.3, 0.4) is 0 Å². The lowest BCUT2D eigenvalue weighted by molar-refractivity contribution is 0.614. The lowest BCUT2D eigenvalue weighted by Crippen LogP contribution is -1.99. The molecule has 0 bridgehead atoms. The van der Waals surface area contributed by atoms with Crippen LogP contribution in [0.25, 0.3) is 11.1 Å². The number of benzene rings is 2. The number of aryl methyl sites for hydroxylation is 1. The van der Waals surface area contributed by atoms with Gasteiger partial charge in [-0.2, -0.15) is 4.98 Å². The monoisotopic (exact) mass is 253 g/mol. The molecule has 0 spiro atoms. The molecule has 1 heterocycles. The number of fused-ring (bicyclic) bond motifs is 1. The topological polar surface area (TPSA) is 64.1 Å². The maximum Gasteiger partial charge on any atom is 0.295 e. The summed E-state index contributed by atoms with van der Waals surface area (Å²) in [6.07, 6.45) is 0. The summed E-state index contributed by atoms with van der Waals surface area (Å²) in [5, 5.41) is 3.18. The molecule has 3 rings (SSSR count). The summed E-state index contributed by atoms with van der Waals surface area (Å²) in [6, 6.07) is 14.3. The minimum atomic E-state index is 0.516. The lowest BCUT2D eigenvalue weighted by Gasteiger charge is -2.02. The molecular formula is C15H15N3O. The molecule has 96 valence electrons. The highest BCUT2D eigenvalue weighted by Gasteiger charge is 2.05. The summed E-state index contributed by atoms with van der Waals surface area (Å²) in [6.45, 7) is 2.76. The van der Waals surface area contributed by atoms with Crippen molar-refractivity contribution in [1.29, 1.82) is 0 Å². The molecule has 0 aliphatic carbocycles. The van der Waals surface area contributed by atoms with Crippen LogP contribution in [-0.2, 0) is 6.54 Å². The summed E-state index contributed by atoms with van der Waals surface area (Å²) in [5.74, 6) is 0. The Hall–Kier alpha value is -2.49. The van der Waals surface area contributed by atoms with Gasteiger partial charge in [0.2, 0.25) is 0 Å². The van der Waals surface area contributed by atoms with Gasteiger partial charge in [0.25, 0.3) is 6.01 Å². The first-order valence-corrected chi connectivity index (χ1v) is 6.16. The van der Waals surface area contributed by atoms with Crippen LogP contribution < -0.4 is 11.1 Å². The molecule has 2 aromatic carbocycles. The third-order valence-corrected chi connectivity index (χ3v) is 2.94. The van der Waals surface area contributed by atoms with E-state index in [4.69, 9.17) is 10.2 Å². The molecule has 1 aromatic heterocycles.